The molecule has 0 bridgehead atoms. The van der Waals surface area contributed by atoms with Gasteiger partial charge in [0.05, 0.1) is 0 Å². The number of benzene rings is 1. The Balaban J connectivity index is 1.87. The summed E-state index contributed by atoms with van der Waals surface area (Å²) < 4.78 is 0. The van der Waals surface area contributed by atoms with Crippen LogP contribution in [-0.4, -0.2) is 5.91 Å². The van der Waals surface area contributed by atoms with Crippen LogP contribution in [0.15, 0.2) is 24.3 Å². The third kappa shape index (κ3) is 3.99. The lowest BCUT2D eigenvalue weighted by molar-refractivity contribution is -0.121. The highest BCUT2D eigenvalue weighted by molar-refractivity contribution is 6.30. The molecule has 3 heteroatoms. The molecule has 0 heterocycles. The standard InChI is InChI=1S/C17H24ClNO/c1-17(2,3)13-6-4-12(5-7-13)16(20)19-15-10-8-14(18)9-11-15/h8-13H,4-7H2,1-3H3,(H,19,20). The van der Waals surface area contributed by atoms with E-state index in [0.29, 0.717) is 10.4 Å². The zero-order valence-electron chi connectivity index (χ0n) is 12.6. The minimum Gasteiger partial charge on any atom is -0.326 e. The van der Waals surface area contributed by atoms with Crippen molar-refractivity contribution in [2.75, 3.05) is 5.32 Å². The fourth-order valence-electron chi connectivity index (χ4n) is 3.00. The maximum absolute atomic E-state index is 12.3. The molecule has 1 aliphatic carbocycles. The Labute approximate surface area is 126 Å². The largest absolute Gasteiger partial charge is 0.326 e. The van der Waals surface area contributed by atoms with E-state index in [1.807, 2.05) is 12.1 Å². The minimum absolute atomic E-state index is 0.152. The van der Waals surface area contributed by atoms with Crippen molar-refractivity contribution in [3.8, 4) is 0 Å². The summed E-state index contributed by atoms with van der Waals surface area (Å²) in [6.07, 6.45) is 4.31. The van der Waals surface area contributed by atoms with Crippen molar-refractivity contribution < 1.29 is 4.79 Å². The molecule has 0 aromatic heterocycles. The molecule has 1 amide bonds. The number of nitrogens with one attached hydrogen (secondary N) is 1. The molecule has 0 radical (unpaired) electrons. The highest BCUT2D eigenvalue weighted by Gasteiger charge is 2.32. The van der Waals surface area contributed by atoms with Gasteiger partial charge in [0.1, 0.15) is 0 Å². The molecule has 2 nitrogen and oxygen atoms in total. The molecule has 110 valence electrons. The van der Waals surface area contributed by atoms with E-state index in [1.165, 1.54) is 0 Å². The van der Waals surface area contributed by atoms with Crippen LogP contribution in [0.4, 0.5) is 5.69 Å². The van der Waals surface area contributed by atoms with E-state index < -0.39 is 0 Å². The molecule has 2 rings (SSSR count). The summed E-state index contributed by atoms with van der Waals surface area (Å²) >= 11 is 5.84. The van der Waals surface area contributed by atoms with Gasteiger partial charge in [0, 0.05) is 16.6 Å². The second kappa shape index (κ2) is 6.17. The van der Waals surface area contributed by atoms with Gasteiger partial charge in [-0.25, -0.2) is 0 Å². The predicted molar refractivity (Wildman–Crippen MR) is 85.0 cm³/mol. The SMILES string of the molecule is CC(C)(C)C1CCC(C(=O)Nc2ccc(Cl)cc2)CC1. The molecule has 0 unspecified atom stereocenters. The number of carbonyl (C=O) groups is 1. The van der Waals surface area contributed by atoms with E-state index in [1.54, 1.807) is 12.1 Å². The first-order chi connectivity index (χ1) is 9.36. The van der Waals surface area contributed by atoms with Crippen LogP contribution >= 0.6 is 11.6 Å². The highest BCUT2D eigenvalue weighted by atomic mass is 35.5. The fraction of sp³-hybridized carbons (Fsp3) is 0.588. The Morgan fingerprint density at radius 3 is 2.15 bits per heavy atom. The lowest BCUT2D eigenvalue weighted by atomic mass is 9.69. The van der Waals surface area contributed by atoms with Gasteiger partial charge in [-0.05, 0) is 61.3 Å². The zero-order valence-corrected chi connectivity index (χ0v) is 13.3. The van der Waals surface area contributed by atoms with Crippen molar-refractivity contribution in [1.29, 1.82) is 0 Å². The van der Waals surface area contributed by atoms with E-state index in [-0.39, 0.29) is 11.8 Å². The monoisotopic (exact) mass is 293 g/mol. The lowest BCUT2D eigenvalue weighted by Gasteiger charge is -2.36. The molecule has 1 aromatic rings. The summed E-state index contributed by atoms with van der Waals surface area (Å²) in [6.45, 7) is 6.89. The molecule has 1 saturated carbocycles. The van der Waals surface area contributed by atoms with Crippen LogP contribution in [0.3, 0.4) is 0 Å². The van der Waals surface area contributed by atoms with Crippen LogP contribution in [-0.2, 0) is 4.79 Å². The quantitative estimate of drug-likeness (QED) is 0.804. The van der Waals surface area contributed by atoms with Gasteiger partial charge in [0.25, 0.3) is 0 Å². The first-order valence-corrected chi connectivity index (χ1v) is 7.80. The maximum atomic E-state index is 12.3. The third-order valence-corrected chi connectivity index (χ3v) is 4.69. The van der Waals surface area contributed by atoms with Crippen LogP contribution in [0.5, 0.6) is 0 Å². The molecule has 0 saturated heterocycles. The third-order valence-electron chi connectivity index (χ3n) is 4.43. The number of halogens is 1. The Morgan fingerprint density at radius 1 is 1.10 bits per heavy atom. The Morgan fingerprint density at radius 2 is 1.65 bits per heavy atom. The van der Waals surface area contributed by atoms with Gasteiger partial charge in [-0.1, -0.05) is 32.4 Å². The minimum atomic E-state index is 0.152. The zero-order chi connectivity index (χ0) is 14.8. The van der Waals surface area contributed by atoms with E-state index in [9.17, 15) is 4.79 Å². The Kier molecular flexibility index (Phi) is 4.74. The molecule has 1 N–H and O–H groups in total. The van der Waals surface area contributed by atoms with Crippen molar-refractivity contribution >= 4 is 23.2 Å². The van der Waals surface area contributed by atoms with Crippen molar-refractivity contribution in [2.24, 2.45) is 17.3 Å². The van der Waals surface area contributed by atoms with Gasteiger partial charge in [0.2, 0.25) is 5.91 Å². The van der Waals surface area contributed by atoms with Gasteiger partial charge < -0.3 is 5.32 Å². The van der Waals surface area contributed by atoms with Crippen molar-refractivity contribution in [2.45, 2.75) is 46.5 Å². The smallest absolute Gasteiger partial charge is 0.227 e. The van der Waals surface area contributed by atoms with Crippen molar-refractivity contribution in [3.05, 3.63) is 29.3 Å². The second-order valence-corrected chi connectivity index (χ2v) is 7.35. The number of anilines is 1. The normalized spacial score (nSPS) is 23.4. The molecule has 1 aromatic carbocycles. The van der Waals surface area contributed by atoms with Crippen LogP contribution in [0.25, 0.3) is 0 Å². The van der Waals surface area contributed by atoms with Crippen LogP contribution in [0.1, 0.15) is 46.5 Å². The molecule has 20 heavy (non-hydrogen) atoms. The Hall–Kier alpha value is -1.02. The summed E-state index contributed by atoms with van der Waals surface area (Å²) in [6, 6.07) is 7.30. The maximum Gasteiger partial charge on any atom is 0.227 e. The van der Waals surface area contributed by atoms with Crippen LogP contribution in [0, 0.1) is 17.3 Å². The molecule has 1 fully saturated rings. The summed E-state index contributed by atoms with van der Waals surface area (Å²) in [4.78, 5) is 12.3. The number of hydrogen-bond acceptors (Lipinski definition) is 1. The number of amides is 1. The first-order valence-electron chi connectivity index (χ1n) is 7.42. The summed E-state index contributed by atoms with van der Waals surface area (Å²) in [7, 11) is 0. The lowest BCUT2D eigenvalue weighted by Crippen LogP contribution is -2.31. The van der Waals surface area contributed by atoms with Crippen LogP contribution < -0.4 is 5.32 Å². The van der Waals surface area contributed by atoms with Gasteiger partial charge in [-0.15, -0.1) is 0 Å². The molecular formula is C17H24ClNO. The van der Waals surface area contributed by atoms with Gasteiger partial charge in [0.15, 0.2) is 0 Å². The average Bonchev–Trinajstić information content (AvgIpc) is 2.40. The van der Waals surface area contributed by atoms with E-state index >= 15 is 0 Å². The molecule has 1 aliphatic rings. The van der Waals surface area contributed by atoms with Gasteiger partial charge >= 0.3 is 0 Å². The number of hydrogen-bond donors (Lipinski definition) is 1. The highest BCUT2D eigenvalue weighted by Crippen LogP contribution is 2.40. The van der Waals surface area contributed by atoms with E-state index in [2.05, 4.69) is 26.1 Å². The summed E-state index contributed by atoms with van der Waals surface area (Å²) in [5, 5.41) is 3.68. The van der Waals surface area contributed by atoms with Crippen molar-refractivity contribution in [3.63, 3.8) is 0 Å². The predicted octanol–water partition coefficient (Wildman–Crippen LogP) is 5.13. The second-order valence-electron chi connectivity index (χ2n) is 6.91. The molecule has 0 atom stereocenters. The first kappa shape index (κ1) is 15.4. The fourth-order valence-corrected chi connectivity index (χ4v) is 3.13. The van der Waals surface area contributed by atoms with Crippen LogP contribution in [0.2, 0.25) is 5.02 Å². The van der Waals surface area contributed by atoms with Gasteiger partial charge in [-0.3, -0.25) is 4.79 Å². The Bertz CT molecular complexity index is 453. The molecular weight excluding hydrogens is 270 g/mol. The topological polar surface area (TPSA) is 29.1 Å². The number of carbonyl (C=O) groups excluding carboxylic acids is 1. The van der Waals surface area contributed by atoms with E-state index in [0.717, 1.165) is 37.3 Å². The van der Waals surface area contributed by atoms with Gasteiger partial charge in [-0.2, -0.15) is 0 Å². The summed E-state index contributed by atoms with van der Waals surface area (Å²) in [5.41, 5.74) is 1.19. The number of rotatable bonds is 2. The van der Waals surface area contributed by atoms with E-state index in [4.69, 9.17) is 11.6 Å². The molecule has 0 spiro atoms. The molecule has 0 aliphatic heterocycles. The van der Waals surface area contributed by atoms with Crippen molar-refractivity contribution in [1.82, 2.24) is 0 Å². The average molecular weight is 294 g/mol. The summed E-state index contributed by atoms with van der Waals surface area (Å²) in [5.74, 6) is 1.05.